The Kier molecular flexibility index (Phi) is 7.33. The summed E-state index contributed by atoms with van der Waals surface area (Å²) >= 11 is 0. The molecule has 0 aliphatic rings. The lowest BCUT2D eigenvalue weighted by Crippen LogP contribution is -2.16. The summed E-state index contributed by atoms with van der Waals surface area (Å²) in [5.41, 5.74) is 0. The lowest BCUT2D eigenvalue weighted by Gasteiger charge is -2.39. The van der Waals surface area contributed by atoms with E-state index in [1.165, 1.54) is 54.4 Å². The Labute approximate surface area is 114 Å². The summed E-state index contributed by atoms with van der Waals surface area (Å²) in [4.78, 5) is 8.68. The number of hydrogen-bond acceptors (Lipinski definition) is 2. The molecular formula is C15H28N2S. The van der Waals surface area contributed by atoms with Crippen molar-refractivity contribution in [2.24, 2.45) is 0 Å². The van der Waals surface area contributed by atoms with Gasteiger partial charge in [-0.2, -0.15) is 10.0 Å². The van der Waals surface area contributed by atoms with Gasteiger partial charge in [0.15, 0.2) is 0 Å². The summed E-state index contributed by atoms with van der Waals surface area (Å²) in [5.74, 6) is 4.05. The fourth-order valence-electron chi connectivity index (χ4n) is 2.39. The van der Waals surface area contributed by atoms with Crippen molar-refractivity contribution < 1.29 is 0 Å². The van der Waals surface area contributed by atoms with Crippen molar-refractivity contribution in [2.75, 3.05) is 17.3 Å². The van der Waals surface area contributed by atoms with Crippen LogP contribution < -0.4 is 0 Å². The van der Waals surface area contributed by atoms with Gasteiger partial charge in [0.25, 0.3) is 0 Å². The molecule has 18 heavy (non-hydrogen) atoms. The van der Waals surface area contributed by atoms with Crippen LogP contribution in [0, 0.1) is 0 Å². The molecule has 0 aliphatic heterocycles. The Bertz CT molecular complexity index is 306. The molecule has 0 bridgehead atoms. The molecule has 0 aromatic carbocycles. The van der Waals surface area contributed by atoms with Crippen LogP contribution in [0.25, 0.3) is 0 Å². The van der Waals surface area contributed by atoms with Crippen LogP contribution in [0.15, 0.2) is 23.6 Å². The van der Waals surface area contributed by atoms with Crippen LogP contribution in [0.5, 0.6) is 0 Å². The first-order valence-electron chi connectivity index (χ1n) is 7.31. The molecule has 2 nitrogen and oxygen atoms in total. The molecule has 0 N–H and O–H groups in total. The lowest BCUT2D eigenvalue weighted by molar-refractivity contribution is 0.854. The van der Waals surface area contributed by atoms with Crippen LogP contribution in [0.1, 0.15) is 52.9 Å². The summed E-state index contributed by atoms with van der Waals surface area (Å²) < 4.78 is 0. The van der Waals surface area contributed by atoms with E-state index in [2.05, 4.69) is 36.8 Å². The van der Waals surface area contributed by atoms with Gasteiger partial charge in [-0.15, -0.1) is 0 Å². The zero-order valence-electron chi connectivity index (χ0n) is 12.2. The first-order chi connectivity index (χ1) is 8.79. The molecule has 1 aromatic rings. The van der Waals surface area contributed by atoms with E-state index in [4.69, 9.17) is 0 Å². The highest BCUT2D eigenvalue weighted by Gasteiger charge is 2.25. The topological polar surface area (TPSA) is 25.8 Å². The maximum absolute atomic E-state index is 4.60. The number of hydrogen-bond donors (Lipinski definition) is 0. The summed E-state index contributed by atoms with van der Waals surface area (Å²) in [6.45, 7) is 6.88. The molecule has 3 heteroatoms. The van der Waals surface area contributed by atoms with Crippen LogP contribution in [0.3, 0.4) is 0 Å². The molecule has 1 heterocycles. The quantitative estimate of drug-likeness (QED) is 0.609. The molecular weight excluding hydrogens is 240 g/mol. The van der Waals surface area contributed by atoms with Crippen molar-refractivity contribution in [1.82, 2.24) is 9.97 Å². The third kappa shape index (κ3) is 4.27. The first kappa shape index (κ1) is 15.5. The van der Waals surface area contributed by atoms with Gasteiger partial charge in [0, 0.05) is 6.20 Å². The average molecular weight is 268 g/mol. The van der Waals surface area contributed by atoms with E-state index in [-0.39, 0.29) is 0 Å². The van der Waals surface area contributed by atoms with Crippen LogP contribution in [0.4, 0.5) is 0 Å². The number of aromatic nitrogens is 2. The summed E-state index contributed by atoms with van der Waals surface area (Å²) in [6, 6.07) is 2.16. The van der Waals surface area contributed by atoms with E-state index < -0.39 is 10.0 Å². The summed E-state index contributed by atoms with van der Waals surface area (Å²) in [7, 11) is -0.701. The molecule has 0 fully saturated rings. The van der Waals surface area contributed by atoms with E-state index in [1.807, 2.05) is 6.20 Å². The van der Waals surface area contributed by atoms with Crippen molar-refractivity contribution in [3.63, 3.8) is 0 Å². The molecule has 0 aliphatic carbocycles. The molecule has 0 saturated heterocycles. The Balaban J connectivity index is 2.94. The third-order valence-electron chi connectivity index (χ3n) is 3.37. The van der Waals surface area contributed by atoms with Gasteiger partial charge in [-0.3, -0.25) is 0 Å². The molecule has 0 spiro atoms. The summed E-state index contributed by atoms with van der Waals surface area (Å²) in [5, 5.41) is 1.35. The predicted molar refractivity (Wildman–Crippen MR) is 82.6 cm³/mol. The first-order valence-corrected chi connectivity index (χ1v) is 9.45. The normalized spacial score (nSPS) is 12.6. The zero-order chi connectivity index (χ0) is 13.3. The highest BCUT2D eigenvalue weighted by molar-refractivity contribution is 8.33. The predicted octanol–water partition coefficient (Wildman–Crippen LogP) is 4.65. The standard InChI is InChI=1S/C15H28N2S/c1-4-7-12-18(11-6-3,13-8-5-2)15-9-10-16-14-17-15/h9-10,14H,4-8,11-13H2,1-3H3. The van der Waals surface area contributed by atoms with Gasteiger partial charge in [-0.1, -0.05) is 33.6 Å². The van der Waals surface area contributed by atoms with Crippen molar-refractivity contribution in [3.8, 4) is 0 Å². The fourth-order valence-corrected chi connectivity index (χ4v) is 6.71. The second kappa shape index (κ2) is 8.52. The van der Waals surface area contributed by atoms with Gasteiger partial charge >= 0.3 is 0 Å². The van der Waals surface area contributed by atoms with Gasteiger partial charge in [0.05, 0.1) is 5.03 Å². The minimum absolute atomic E-state index is 0.701. The SMILES string of the molecule is CCCCS(CCC)(CCCC)c1ccncn1. The van der Waals surface area contributed by atoms with E-state index >= 15 is 0 Å². The van der Waals surface area contributed by atoms with Crippen molar-refractivity contribution in [2.45, 2.75) is 57.9 Å². The molecule has 0 radical (unpaired) electrons. The number of rotatable bonds is 9. The maximum atomic E-state index is 4.60. The van der Waals surface area contributed by atoms with Crippen LogP contribution >= 0.6 is 10.0 Å². The Morgan fingerprint density at radius 3 is 2.06 bits per heavy atom. The second-order valence-corrected chi connectivity index (χ2v) is 8.65. The number of nitrogens with zero attached hydrogens (tertiary/aromatic N) is 2. The highest BCUT2D eigenvalue weighted by Crippen LogP contribution is 2.56. The molecule has 104 valence electrons. The Morgan fingerprint density at radius 2 is 1.61 bits per heavy atom. The van der Waals surface area contributed by atoms with E-state index in [9.17, 15) is 0 Å². The monoisotopic (exact) mass is 268 g/mol. The largest absolute Gasteiger partial charge is 0.245 e. The van der Waals surface area contributed by atoms with Gasteiger partial charge < -0.3 is 0 Å². The van der Waals surface area contributed by atoms with Gasteiger partial charge in [-0.05, 0) is 42.6 Å². The Morgan fingerprint density at radius 1 is 0.944 bits per heavy atom. The minimum atomic E-state index is -0.701. The maximum Gasteiger partial charge on any atom is 0.116 e. The highest BCUT2D eigenvalue weighted by atomic mass is 32.3. The van der Waals surface area contributed by atoms with Gasteiger partial charge in [-0.25, -0.2) is 9.97 Å². The molecule has 0 atom stereocenters. The third-order valence-corrected chi connectivity index (χ3v) is 7.83. The minimum Gasteiger partial charge on any atom is -0.245 e. The van der Waals surface area contributed by atoms with E-state index in [0.29, 0.717) is 0 Å². The van der Waals surface area contributed by atoms with Crippen LogP contribution in [-0.4, -0.2) is 27.2 Å². The number of unbranched alkanes of at least 4 members (excludes halogenated alkanes) is 2. The van der Waals surface area contributed by atoms with E-state index in [0.717, 1.165) is 0 Å². The molecule has 0 unspecified atom stereocenters. The van der Waals surface area contributed by atoms with Crippen LogP contribution in [-0.2, 0) is 0 Å². The molecule has 1 rings (SSSR count). The molecule has 0 amide bonds. The van der Waals surface area contributed by atoms with Crippen molar-refractivity contribution in [1.29, 1.82) is 0 Å². The molecule has 1 aromatic heterocycles. The summed E-state index contributed by atoms with van der Waals surface area (Å²) in [6.07, 6.45) is 10.2. The average Bonchev–Trinajstić information content (AvgIpc) is 2.43. The smallest absolute Gasteiger partial charge is 0.116 e. The van der Waals surface area contributed by atoms with E-state index in [1.54, 1.807) is 6.33 Å². The molecule has 0 saturated carbocycles. The lowest BCUT2D eigenvalue weighted by atomic mass is 10.4. The van der Waals surface area contributed by atoms with Crippen LogP contribution in [0.2, 0.25) is 0 Å². The Hall–Kier alpha value is -0.570. The van der Waals surface area contributed by atoms with Gasteiger partial charge in [0.2, 0.25) is 0 Å². The van der Waals surface area contributed by atoms with Crippen molar-refractivity contribution >= 4 is 10.0 Å². The zero-order valence-corrected chi connectivity index (χ0v) is 13.0. The fraction of sp³-hybridized carbons (Fsp3) is 0.733. The van der Waals surface area contributed by atoms with Crippen molar-refractivity contribution in [3.05, 3.63) is 18.6 Å². The second-order valence-electron chi connectivity index (χ2n) is 4.91. The van der Waals surface area contributed by atoms with Gasteiger partial charge in [0.1, 0.15) is 6.33 Å².